The average molecular weight is 360 g/mol. The first-order valence-corrected chi connectivity index (χ1v) is 8.23. The lowest BCUT2D eigenvalue weighted by Gasteiger charge is -2.09. The SMILES string of the molecule is COC(=O)c1ccc(S(=O)(=O)Nc2ccc(Cl)c(Cl)c2)cc1. The molecule has 1 N–H and O–H groups in total. The summed E-state index contributed by atoms with van der Waals surface area (Å²) >= 11 is 11.6. The molecule has 0 aliphatic heterocycles. The number of carbonyl (C=O) groups excluding carboxylic acids is 1. The van der Waals surface area contributed by atoms with E-state index in [2.05, 4.69) is 9.46 Å². The number of benzene rings is 2. The molecule has 2 aromatic rings. The van der Waals surface area contributed by atoms with E-state index < -0.39 is 16.0 Å². The Kier molecular flexibility index (Phi) is 4.95. The molecule has 0 amide bonds. The molecule has 0 bridgehead atoms. The fourth-order valence-corrected chi connectivity index (χ4v) is 3.01. The van der Waals surface area contributed by atoms with Crippen LogP contribution in [0, 0.1) is 0 Å². The lowest BCUT2D eigenvalue weighted by Crippen LogP contribution is -2.13. The van der Waals surface area contributed by atoms with E-state index in [0.717, 1.165) is 0 Å². The molecule has 0 saturated carbocycles. The number of esters is 1. The van der Waals surface area contributed by atoms with Crippen LogP contribution in [0.25, 0.3) is 0 Å². The van der Waals surface area contributed by atoms with Gasteiger partial charge in [-0.15, -0.1) is 0 Å². The minimum atomic E-state index is -3.80. The molecule has 8 heteroatoms. The molecular weight excluding hydrogens is 349 g/mol. The average Bonchev–Trinajstić information content (AvgIpc) is 2.50. The molecule has 22 heavy (non-hydrogen) atoms. The predicted molar refractivity (Wildman–Crippen MR) is 85.1 cm³/mol. The number of carbonyl (C=O) groups is 1. The van der Waals surface area contributed by atoms with Crippen LogP contribution in [0.1, 0.15) is 10.4 Å². The Morgan fingerprint density at radius 3 is 2.23 bits per heavy atom. The predicted octanol–water partition coefficient (Wildman–Crippen LogP) is 3.58. The lowest BCUT2D eigenvalue weighted by molar-refractivity contribution is 0.0600. The van der Waals surface area contributed by atoms with Gasteiger partial charge >= 0.3 is 5.97 Å². The number of hydrogen-bond acceptors (Lipinski definition) is 4. The highest BCUT2D eigenvalue weighted by Gasteiger charge is 2.16. The second-order valence-corrected chi connectivity index (χ2v) is 6.75. The summed E-state index contributed by atoms with van der Waals surface area (Å²) in [5.41, 5.74) is 0.544. The molecule has 5 nitrogen and oxygen atoms in total. The van der Waals surface area contributed by atoms with Crippen molar-refractivity contribution in [3.8, 4) is 0 Å². The van der Waals surface area contributed by atoms with Crippen LogP contribution < -0.4 is 4.72 Å². The van der Waals surface area contributed by atoms with Crippen molar-refractivity contribution in [1.82, 2.24) is 0 Å². The van der Waals surface area contributed by atoms with Crippen molar-refractivity contribution in [2.45, 2.75) is 4.90 Å². The minimum Gasteiger partial charge on any atom is -0.465 e. The van der Waals surface area contributed by atoms with Crippen molar-refractivity contribution in [2.75, 3.05) is 11.8 Å². The third kappa shape index (κ3) is 3.71. The van der Waals surface area contributed by atoms with Gasteiger partial charge in [-0.3, -0.25) is 4.72 Å². The molecule has 0 spiro atoms. The quantitative estimate of drug-likeness (QED) is 0.846. The Bertz CT molecular complexity index is 804. The van der Waals surface area contributed by atoms with Gasteiger partial charge in [0.2, 0.25) is 0 Å². The second-order valence-electron chi connectivity index (χ2n) is 4.25. The lowest BCUT2D eigenvalue weighted by atomic mass is 10.2. The number of halogens is 2. The largest absolute Gasteiger partial charge is 0.465 e. The molecule has 0 aromatic heterocycles. The van der Waals surface area contributed by atoms with Crippen molar-refractivity contribution in [1.29, 1.82) is 0 Å². The summed E-state index contributed by atoms with van der Waals surface area (Å²) in [6.45, 7) is 0. The summed E-state index contributed by atoms with van der Waals surface area (Å²) in [6.07, 6.45) is 0. The molecule has 2 rings (SSSR count). The Labute approximate surface area is 137 Å². The van der Waals surface area contributed by atoms with Crippen LogP contribution in [0.15, 0.2) is 47.4 Å². The molecule has 0 fully saturated rings. The zero-order valence-electron chi connectivity index (χ0n) is 11.3. The van der Waals surface area contributed by atoms with Crippen molar-refractivity contribution in [3.63, 3.8) is 0 Å². The van der Waals surface area contributed by atoms with Crippen LogP contribution in [-0.2, 0) is 14.8 Å². The molecule has 2 aromatic carbocycles. The molecule has 0 atom stereocenters. The van der Waals surface area contributed by atoms with E-state index in [1.54, 1.807) is 0 Å². The first-order chi connectivity index (χ1) is 10.3. The summed E-state index contributed by atoms with van der Waals surface area (Å²) in [5, 5.41) is 0.565. The summed E-state index contributed by atoms with van der Waals surface area (Å²) in [7, 11) is -2.55. The van der Waals surface area contributed by atoms with Crippen molar-refractivity contribution in [3.05, 3.63) is 58.1 Å². The van der Waals surface area contributed by atoms with Crippen LogP contribution in [0.3, 0.4) is 0 Å². The van der Waals surface area contributed by atoms with Crippen LogP contribution in [0.2, 0.25) is 10.0 Å². The number of ether oxygens (including phenoxy) is 1. The van der Waals surface area contributed by atoms with Crippen LogP contribution in [0.5, 0.6) is 0 Å². The van der Waals surface area contributed by atoms with Gasteiger partial charge in [0.1, 0.15) is 0 Å². The maximum Gasteiger partial charge on any atom is 0.337 e. The molecule has 116 valence electrons. The number of rotatable bonds is 4. The number of hydrogen-bond donors (Lipinski definition) is 1. The van der Waals surface area contributed by atoms with Gasteiger partial charge in [0.25, 0.3) is 10.0 Å². The van der Waals surface area contributed by atoms with Gasteiger partial charge in [-0.05, 0) is 42.5 Å². The van der Waals surface area contributed by atoms with Gasteiger partial charge in [-0.2, -0.15) is 0 Å². The zero-order valence-corrected chi connectivity index (χ0v) is 13.7. The van der Waals surface area contributed by atoms with Gasteiger partial charge in [-0.25, -0.2) is 13.2 Å². The van der Waals surface area contributed by atoms with Gasteiger partial charge in [0.15, 0.2) is 0 Å². The monoisotopic (exact) mass is 359 g/mol. The van der Waals surface area contributed by atoms with E-state index in [0.29, 0.717) is 5.02 Å². The second kappa shape index (κ2) is 6.56. The molecule has 0 aliphatic rings. The van der Waals surface area contributed by atoms with E-state index >= 15 is 0 Å². The molecular formula is C14H11Cl2NO4S. The van der Waals surface area contributed by atoms with Gasteiger partial charge in [0.05, 0.1) is 33.3 Å². The highest BCUT2D eigenvalue weighted by Crippen LogP contribution is 2.26. The van der Waals surface area contributed by atoms with Crippen LogP contribution >= 0.6 is 23.2 Å². The number of methoxy groups -OCH3 is 1. The number of anilines is 1. The normalized spacial score (nSPS) is 11.0. The maximum absolute atomic E-state index is 12.2. The highest BCUT2D eigenvalue weighted by molar-refractivity contribution is 7.92. The van der Waals surface area contributed by atoms with Gasteiger partial charge in [-0.1, -0.05) is 23.2 Å². The van der Waals surface area contributed by atoms with E-state index in [1.807, 2.05) is 0 Å². The third-order valence-corrected chi connectivity index (χ3v) is 4.89. The maximum atomic E-state index is 12.2. The van der Waals surface area contributed by atoms with Crippen molar-refractivity contribution >= 4 is 44.9 Å². The standard InChI is InChI=1S/C14H11Cl2NO4S/c1-21-14(18)9-2-5-11(6-3-9)22(19,20)17-10-4-7-12(15)13(16)8-10/h2-8,17H,1H3. The van der Waals surface area contributed by atoms with Crippen molar-refractivity contribution < 1.29 is 17.9 Å². The van der Waals surface area contributed by atoms with E-state index in [-0.39, 0.29) is 21.2 Å². The minimum absolute atomic E-state index is 0.00576. The van der Waals surface area contributed by atoms with Crippen LogP contribution in [0.4, 0.5) is 5.69 Å². The van der Waals surface area contributed by atoms with E-state index in [9.17, 15) is 13.2 Å². The highest BCUT2D eigenvalue weighted by atomic mass is 35.5. The Morgan fingerprint density at radius 2 is 1.68 bits per heavy atom. The van der Waals surface area contributed by atoms with Gasteiger partial charge in [0, 0.05) is 0 Å². The summed E-state index contributed by atoms with van der Waals surface area (Å²) in [5.74, 6) is -0.540. The zero-order chi connectivity index (χ0) is 16.3. The van der Waals surface area contributed by atoms with Crippen molar-refractivity contribution in [2.24, 2.45) is 0 Å². The molecule has 0 radical (unpaired) electrons. The smallest absolute Gasteiger partial charge is 0.337 e. The summed E-state index contributed by atoms with van der Waals surface area (Å²) in [4.78, 5) is 11.3. The third-order valence-electron chi connectivity index (χ3n) is 2.76. The van der Waals surface area contributed by atoms with E-state index in [4.69, 9.17) is 23.2 Å². The molecule has 0 unspecified atom stereocenters. The summed E-state index contributed by atoms with van der Waals surface area (Å²) < 4.78 is 31.4. The summed E-state index contributed by atoms with van der Waals surface area (Å²) in [6, 6.07) is 9.75. The first kappa shape index (κ1) is 16.6. The number of nitrogens with one attached hydrogen (secondary N) is 1. The topological polar surface area (TPSA) is 72.5 Å². The fraction of sp³-hybridized carbons (Fsp3) is 0.0714. The Hall–Kier alpha value is -1.76. The molecule has 0 aliphatic carbocycles. The molecule has 0 saturated heterocycles. The fourth-order valence-electron chi connectivity index (χ4n) is 1.66. The Morgan fingerprint density at radius 1 is 1.05 bits per heavy atom. The Balaban J connectivity index is 2.26. The first-order valence-electron chi connectivity index (χ1n) is 6.00. The van der Waals surface area contributed by atoms with E-state index in [1.165, 1.54) is 49.6 Å². The number of sulfonamides is 1. The molecule has 0 heterocycles. The van der Waals surface area contributed by atoms with Crippen LogP contribution in [-0.4, -0.2) is 21.5 Å². The van der Waals surface area contributed by atoms with Gasteiger partial charge < -0.3 is 4.74 Å².